The molecule has 1 aliphatic heterocycles. The number of ether oxygens (including phenoxy) is 2. The third kappa shape index (κ3) is 4.74. The number of hydrogen-bond donors (Lipinski definition) is 0. The number of halogens is 1. The second kappa shape index (κ2) is 9.87. The number of fused-ring (bicyclic) bond motifs is 1. The summed E-state index contributed by atoms with van der Waals surface area (Å²) in [5.74, 6) is -0.475. The number of thiazole rings is 1. The number of esters is 1. The van der Waals surface area contributed by atoms with Gasteiger partial charge in [0.2, 0.25) is 10.0 Å². The summed E-state index contributed by atoms with van der Waals surface area (Å²) in [6.07, 6.45) is 0.884. The number of benzene rings is 2. The first-order valence-corrected chi connectivity index (χ1v) is 13.0. The van der Waals surface area contributed by atoms with Crippen LogP contribution in [0.1, 0.15) is 12.8 Å². The maximum Gasteiger partial charge on any atom is 0.325 e. The van der Waals surface area contributed by atoms with E-state index >= 15 is 0 Å². The Balaban J connectivity index is 1.73. The van der Waals surface area contributed by atoms with Crippen LogP contribution >= 0.6 is 22.9 Å². The number of sulfonamides is 1. The van der Waals surface area contributed by atoms with Crippen LogP contribution in [0.3, 0.4) is 0 Å². The van der Waals surface area contributed by atoms with E-state index in [-0.39, 0.29) is 22.8 Å². The van der Waals surface area contributed by atoms with E-state index in [0.717, 1.165) is 4.70 Å². The summed E-state index contributed by atoms with van der Waals surface area (Å²) in [5, 5.41) is 0.416. The standard InChI is InChI=1S/C22H22ClN3O6S2/c1-31-15-7-10-17-19(12-15)33-22(25(17)13-20(27)32-2)24-21(28)18-4-3-11-26(18)34(29,30)16-8-5-14(23)6-9-16/h5-10,12,18H,3-4,11,13H2,1-2H3. The van der Waals surface area contributed by atoms with Gasteiger partial charge in [0.05, 0.1) is 29.3 Å². The molecule has 1 saturated heterocycles. The number of carbonyl (C=O) groups is 2. The van der Waals surface area contributed by atoms with Crippen molar-refractivity contribution in [1.82, 2.24) is 8.87 Å². The van der Waals surface area contributed by atoms with Crippen LogP contribution in [0, 0.1) is 0 Å². The highest BCUT2D eigenvalue weighted by Gasteiger charge is 2.39. The number of carbonyl (C=O) groups excluding carboxylic acids is 2. The minimum atomic E-state index is -3.91. The second-order valence-corrected chi connectivity index (χ2v) is 10.9. The normalized spacial score (nSPS) is 17.3. The molecule has 1 aromatic heterocycles. The molecule has 12 heteroatoms. The lowest BCUT2D eigenvalue weighted by molar-refractivity contribution is -0.141. The van der Waals surface area contributed by atoms with Crippen molar-refractivity contribution < 1.29 is 27.5 Å². The number of rotatable bonds is 6. The third-order valence-corrected chi connectivity index (χ3v) is 8.74. The van der Waals surface area contributed by atoms with Crippen LogP contribution in [0.5, 0.6) is 5.75 Å². The van der Waals surface area contributed by atoms with Gasteiger partial charge in [-0.05, 0) is 55.3 Å². The lowest BCUT2D eigenvalue weighted by Gasteiger charge is -2.21. The number of amides is 1. The molecule has 2 aromatic carbocycles. The quantitative estimate of drug-likeness (QED) is 0.460. The molecule has 0 aliphatic carbocycles. The Bertz CT molecular complexity index is 1410. The Kier molecular flexibility index (Phi) is 7.08. The number of methoxy groups -OCH3 is 2. The smallest absolute Gasteiger partial charge is 0.325 e. The fraction of sp³-hybridized carbons (Fsp3) is 0.318. The van der Waals surface area contributed by atoms with Gasteiger partial charge in [-0.2, -0.15) is 9.30 Å². The highest BCUT2D eigenvalue weighted by Crippen LogP contribution is 2.28. The van der Waals surface area contributed by atoms with Crippen LogP contribution in [0.25, 0.3) is 10.2 Å². The van der Waals surface area contributed by atoms with Crippen LogP contribution < -0.4 is 9.54 Å². The summed E-state index contributed by atoms with van der Waals surface area (Å²) in [6, 6.07) is 10.2. The summed E-state index contributed by atoms with van der Waals surface area (Å²) < 4.78 is 39.9. The van der Waals surface area contributed by atoms with E-state index < -0.39 is 27.9 Å². The van der Waals surface area contributed by atoms with E-state index in [1.165, 1.54) is 47.0 Å². The van der Waals surface area contributed by atoms with Crippen LogP contribution in [-0.4, -0.2) is 56.0 Å². The number of hydrogen-bond acceptors (Lipinski definition) is 7. The van der Waals surface area contributed by atoms with Gasteiger partial charge < -0.3 is 14.0 Å². The van der Waals surface area contributed by atoms with E-state index in [2.05, 4.69) is 4.99 Å². The van der Waals surface area contributed by atoms with E-state index in [9.17, 15) is 18.0 Å². The summed E-state index contributed by atoms with van der Waals surface area (Å²) in [6.45, 7) is 0.0645. The van der Waals surface area contributed by atoms with Crippen molar-refractivity contribution in [1.29, 1.82) is 0 Å². The lowest BCUT2D eigenvalue weighted by Crippen LogP contribution is -2.40. The molecule has 4 rings (SSSR count). The monoisotopic (exact) mass is 523 g/mol. The maximum atomic E-state index is 13.2. The first kappa shape index (κ1) is 24.4. The van der Waals surface area contributed by atoms with Crippen molar-refractivity contribution in [3.63, 3.8) is 0 Å². The highest BCUT2D eigenvalue weighted by atomic mass is 35.5. The lowest BCUT2D eigenvalue weighted by atomic mass is 10.2. The molecule has 1 unspecified atom stereocenters. The molecule has 1 aliphatic rings. The molecule has 9 nitrogen and oxygen atoms in total. The Labute approximate surface area is 205 Å². The highest BCUT2D eigenvalue weighted by molar-refractivity contribution is 7.89. The van der Waals surface area contributed by atoms with Crippen LogP contribution in [0.2, 0.25) is 5.02 Å². The summed E-state index contributed by atoms with van der Waals surface area (Å²) in [4.78, 5) is 29.8. The van der Waals surface area contributed by atoms with Gasteiger partial charge in [-0.25, -0.2) is 8.42 Å². The molecular formula is C22H22ClN3O6S2. The van der Waals surface area contributed by atoms with E-state index in [1.54, 1.807) is 29.9 Å². The van der Waals surface area contributed by atoms with Gasteiger partial charge in [0, 0.05) is 11.6 Å². The van der Waals surface area contributed by atoms with Crippen molar-refractivity contribution in [2.45, 2.75) is 30.3 Å². The molecule has 0 spiro atoms. The number of aromatic nitrogens is 1. The fourth-order valence-corrected chi connectivity index (χ4v) is 6.64. The molecule has 3 aromatic rings. The molecule has 1 atom stereocenters. The zero-order valence-electron chi connectivity index (χ0n) is 18.4. The molecule has 1 fully saturated rings. The van der Waals surface area contributed by atoms with Gasteiger partial charge in [0.25, 0.3) is 5.91 Å². The van der Waals surface area contributed by atoms with Crippen LogP contribution in [0.4, 0.5) is 0 Å². The predicted octanol–water partition coefficient (Wildman–Crippen LogP) is 2.82. The van der Waals surface area contributed by atoms with Gasteiger partial charge in [-0.15, -0.1) is 0 Å². The van der Waals surface area contributed by atoms with Gasteiger partial charge >= 0.3 is 5.97 Å². The van der Waals surface area contributed by atoms with E-state index in [4.69, 9.17) is 21.1 Å². The molecule has 34 heavy (non-hydrogen) atoms. The van der Waals surface area contributed by atoms with Crippen molar-refractivity contribution in [2.24, 2.45) is 4.99 Å². The predicted molar refractivity (Wildman–Crippen MR) is 127 cm³/mol. The van der Waals surface area contributed by atoms with Gasteiger partial charge in [-0.3, -0.25) is 9.59 Å². The van der Waals surface area contributed by atoms with E-state index in [1.807, 2.05) is 0 Å². The zero-order valence-corrected chi connectivity index (χ0v) is 20.8. The minimum absolute atomic E-state index is 0.0614. The maximum absolute atomic E-state index is 13.2. The molecule has 2 heterocycles. The largest absolute Gasteiger partial charge is 0.497 e. The van der Waals surface area contributed by atoms with Crippen molar-refractivity contribution >= 4 is 55.1 Å². The van der Waals surface area contributed by atoms with E-state index in [0.29, 0.717) is 29.1 Å². The second-order valence-electron chi connectivity index (χ2n) is 7.56. The molecule has 0 radical (unpaired) electrons. The summed E-state index contributed by atoms with van der Waals surface area (Å²) >= 11 is 7.09. The zero-order chi connectivity index (χ0) is 24.5. The van der Waals surface area contributed by atoms with Crippen LogP contribution in [0.15, 0.2) is 52.4 Å². The van der Waals surface area contributed by atoms with Crippen molar-refractivity contribution in [2.75, 3.05) is 20.8 Å². The Morgan fingerprint density at radius 3 is 2.59 bits per heavy atom. The molecule has 1 amide bonds. The average Bonchev–Trinajstić information content (AvgIpc) is 3.45. The van der Waals surface area contributed by atoms with Crippen LogP contribution in [-0.2, 0) is 30.9 Å². The number of nitrogens with zero attached hydrogens (tertiary/aromatic N) is 3. The fourth-order valence-electron chi connectivity index (χ4n) is 3.80. The summed E-state index contributed by atoms with van der Waals surface area (Å²) in [5.41, 5.74) is 0.680. The summed E-state index contributed by atoms with van der Waals surface area (Å²) in [7, 11) is -1.09. The van der Waals surface area contributed by atoms with Crippen molar-refractivity contribution in [3.05, 3.63) is 52.3 Å². The third-order valence-electron chi connectivity index (χ3n) is 5.52. The molecule has 0 bridgehead atoms. The molecule has 0 saturated carbocycles. The Hall–Kier alpha value is -2.73. The SMILES string of the molecule is COC(=O)Cn1c(=NC(=O)C2CCCN2S(=O)(=O)c2ccc(Cl)cc2)sc2cc(OC)ccc21. The molecule has 180 valence electrons. The Morgan fingerprint density at radius 2 is 1.91 bits per heavy atom. The first-order chi connectivity index (χ1) is 16.2. The van der Waals surface area contributed by atoms with Crippen molar-refractivity contribution in [3.8, 4) is 5.75 Å². The van der Waals surface area contributed by atoms with Gasteiger partial charge in [0.15, 0.2) is 4.80 Å². The molecular weight excluding hydrogens is 502 g/mol. The van der Waals surface area contributed by atoms with Gasteiger partial charge in [-0.1, -0.05) is 22.9 Å². The van der Waals surface area contributed by atoms with Gasteiger partial charge in [0.1, 0.15) is 18.3 Å². The average molecular weight is 524 g/mol. The Morgan fingerprint density at radius 1 is 1.18 bits per heavy atom. The minimum Gasteiger partial charge on any atom is -0.497 e. The molecule has 0 N–H and O–H groups in total. The first-order valence-electron chi connectivity index (χ1n) is 10.3. The topological polar surface area (TPSA) is 107 Å².